The maximum atomic E-state index is 13.6. The van der Waals surface area contributed by atoms with Crippen LogP contribution in [0.25, 0.3) is 0 Å². The predicted octanol–water partition coefficient (Wildman–Crippen LogP) is 3.00. The Balaban J connectivity index is 1.82. The van der Waals surface area contributed by atoms with Gasteiger partial charge in [-0.3, -0.25) is 0 Å². The highest BCUT2D eigenvalue weighted by atomic mass is 19.1. The van der Waals surface area contributed by atoms with Crippen molar-refractivity contribution >= 4 is 5.69 Å². The van der Waals surface area contributed by atoms with Gasteiger partial charge in [0.25, 0.3) is 0 Å². The van der Waals surface area contributed by atoms with Crippen LogP contribution in [0.15, 0.2) is 48.5 Å². The van der Waals surface area contributed by atoms with E-state index in [4.69, 9.17) is 5.26 Å². The van der Waals surface area contributed by atoms with E-state index in [1.54, 1.807) is 18.2 Å². The van der Waals surface area contributed by atoms with Crippen LogP contribution < -0.4 is 10.2 Å². The first-order chi connectivity index (χ1) is 11.6. The molecule has 0 fully saturated rings. The molecule has 0 aliphatic carbocycles. The average Bonchev–Trinajstić information content (AvgIpc) is 2.60. The Labute approximate surface area is 142 Å². The second kappa shape index (κ2) is 9.02. The largest absolute Gasteiger partial charge is 0.387 e. The summed E-state index contributed by atoms with van der Waals surface area (Å²) in [4.78, 5) is 2.03. The number of hydrogen-bond acceptors (Lipinski definition) is 4. The third kappa shape index (κ3) is 5.05. The molecule has 0 heterocycles. The van der Waals surface area contributed by atoms with Crippen LogP contribution in [-0.2, 0) is 6.54 Å². The third-order valence-corrected chi connectivity index (χ3v) is 3.87. The topological polar surface area (TPSA) is 59.3 Å². The molecular weight excluding hydrogens is 305 g/mol. The SMILES string of the molecule is CN(CCC#N)c1ccc(CNCC(O)c2ccccc2F)cc1. The van der Waals surface area contributed by atoms with Gasteiger partial charge in [0.2, 0.25) is 0 Å². The number of aliphatic hydroxyl groups is 1. The van der Waals surface area contributed by atoms with Gasteiger partial charge in [-0.1, -0.05) is 30.3 Å². The molecule has 24 heavy (non-hydrogen) atoms. The molecule has 0 spiro atoms. The Bertz CT molecular complexity index is 682. The van der Waals surface area contributed by atoms with E-state index in [0.717, 1.165) is 11.3 Å². The van der Waals surface area contributed by atoms with E-state index in [-0.39, 0.29) is 6.54 Å². The van der Waals surface area contributed by atoms with E-state index in [1.807, 2.05) is 36.2 Å². The number of nitrogens with zero attached hydrogens (tertiary/aromatic N) is 2. The number of nitriles is 1. The van der Waals surface area contributed by atoms with Crippen LogP contribution in [-0.4, -0.2) is 25.2 Å². The van der Waals surface area contributed by atoms with Crippen LogP contribution in [0.4, 0.5) is 10.1 Å². The van der Waals surface area contributed by atoms with Crippen molar-refractivity contribution in [3.8, 4) is 6.07 Å². The predicted molar refractivity (Wildman–Crippen MR) is 93.0 cm³/mol. The Morgan fingerprint density at radius 3 is 2.58 bits per heavy atom. The van der Waals surface area contributed by atoms with Crippen molar-refractivity contribution in [1.82, 2.24) is 5.32 Å². The number of rotatable bonds is 8. The quantitative estimate of drug-likeness (QED) is 0.782. The van der Waals surface area contributed by atoms with Crippen LogP contribution in [0, 0.1) is 17.1 Å². The van der Waals surface area contributed by atoms with Gasteiger partial charge in [-0.15, -0.1) is 0 Å². The van der Waals surface area contributed by atoms with E-state index < -0.39 is 11.9 Å². The van der Waals surface area contributed by atoms with Crippen molar-refractivity contribution in [1.29, 1.82) is 5.26 Å². The summed E-state index contributed by atoms with van der Waals surface area (Å²) in [6.45, 7) is 1.57. The van der Waals surface area contributed by atoms with E-state index in [1.165, 1.54) is 6.07 Å². The Hall–Kier alpha value is -2.42. The van der Waals surface area contributed by atoms with Gasteiger partial charge in [0.15, 0.2) is 0 Å². The highest BCUT2D eigenvalue weighted by molar-refractivity contribution is 5.46. The first kappa shape index (κ1) is 17.9. The Kier molecular flexibility index (Phi) is 6.74. The zero-order chi connectivity index (χ0) is 17.4. The minimum Gasteiger partial charge on any atom is -0.387 e. The zero-order valence-electron chi connectivity index (χ0n) is 13.7. The highest BCUT2D eigenvalue weighted by Gasteiger charge is 2.11. The molecule has 0 bridgehead atoms. The molecule has 2 aromatic carbocycles. The molecule has 0 saturated heterocycles. The van der Waals surface area contributed by atoms with Gasteiger partial charge in [0, 0.05) is 37.9 Å². The molecule has 0 saturated carbocycles. The molecule has 0 radical (unpaired) electrons. The van der Waals surface area contributed by atoms with Gasteiger partial charge in [-0.05, 0) is 23.8 Å². The molecule has 0 aliphatic heterocycles. The van der Waals surface area contributed by atoms with Crippen molar-refractivity contribution in [2.45, 2.75) is 19.1 Å². The van der Waals surface area contributed by atoms with Gasteiger partial charge < -0.3 is 15.3 Å². The van der Waals surface area contributed by atoms with Crippen molar-refractivity contribution in [2.75, 3.05) is 25.0 Å². The summed E-state index contributed by atoms with van der Waals surface area (Å²) in [5, 5.41) is 21.8. The molecule has 1 atom stereocenters. The normalized spacial score (nSPS) is 11.8. The van der Waals surface area contributed by atoms with Crippen LogP contribution in [0.5, 0.6) is 0 Å². The molecule has 0 aromatic heterocycles. The number of nitrogens with one attached hydrogen (secondary N) is 1. The van der Waals surface area contributed by atoms with Crippen molar-refractivity contribution < 1.29 is 9.50 Å². The lowest BCUT2D eigenvalue weighted by Crippen LogP contribution is -2.22. The number of benzene rings is 2. The fourth-order valence-electron chi connectivity index (χ4n) is 2.42. The molecule has 1 unspecified atom stereocenters. The third-order valence-electron chi connectivity index (χ3n) is 3.87. The van der Waals surface area contributed by atoms with Gasteiger partial charge in [-0.2, -0.15) is 5.26 Å². The number of hydrogen-bond donors (Lipinski definition) is 2. The Morgan fingerprint density at radius 2 is 1.92 bits per heavy atom. The van der Waals surface area contributed by atoms with Crippen molar-refractivity contribution in [2.24, 2.45) is 0 Å². The molecule has 126 valence electrons. The van der Waals surface area contributed by atoms with Gasteiger partial charge >= 0.3 is 0 Å². The first-order valence-corrected chi connectivity index (χ1v) is 7.92. The molecule has 0 amide bonds. The van der Waals surface area contributed by atoms with Crippen LogP contribution in [0.3, 0.4) is 0 Å². The first-order valence-electron chi connectivity index (χ1n) is 7.92. The van der Waals surface area contributed by atoms with E-state index in [2.05, 4.69) is 11.4 Å². The fourth-order valence-corrected chi connectivity index (χ4v) is 2.42. The minimum atomic E-state index is -0.873. The van der Waals surface area contributed by atoms with Gasteiger partial charge in [0.05, 0.1) is 18.6 Å². The maximum absolute atomic E-state index is 13.6. The number of anilines is 1. The summed E-state index contributed by atoms with van der Waals surface area (Å²) in [6, 6.07) is 16.4. The molecule has 5 heteroatoms. The monoisotopic (exact) mass is 327 g/mol. The lowest BCUT2D eigenvalue weighted by atomic mass is 10.1. The van der Waals surface area contributed by atoms with E-state index in [9.17, 15) is 9.50 Å². The molecular formula is C19H22FN3O. The molecule has 2 aromatic rings. The minimum absolute atomic E-state index is 0.282. The van der Waals surface area contributed by atoms with Crippen molar-refractivity contribution in [3.63, 3.8) is 0 Å². The molecule has 0 aliphatic rings. The highest BCUT2D eigenvalue weighted by Crippen LogP contribution is 2.16. The summed E-state index contributed by atoms with van der Waals surface area (Å²) < 4.78 is 13.6. The second-order valence-corrected chi connectivity index (χ2v) is 5.66. The maximum Gasteiger partial charge on any atom is 0.129 e. The Morgan fingerprint density at radius 1 is 1.21 bits per heavy atom. The van der Waals surface area contributed by atoms with E-state index >= 15 is 0 Å². The van der Waals surface area contributed by atoms with Crippen LogP contribution in [0.1, 0.15) is 23.7 Å². The molecule has 2 rings (SSSR count). The van der Waals surface area contributed by atoms with Crippen LogP contribution in [0.2, 0.25) is 0 Å². The second-order valence-electron chi connectivity index (χ2n) is 5.66. The molecule has 2 N–H and O–H groups in total. The summed E-state index contributed by atoms with van der Waals surface area (Å²) in [6.07, 6.45) is -0.379. The molecule has 4 nitrogen and oxygen atoms in total. The fraction of sp³-hybridized carbons (Fsp3) is 0.316. The van der Waals surface area contributed by atoms with Gasteiger partial charge in [-0.25, -0.2) is 4.39 Å². The zero-order valence-corrected chi connectivity index (χ0v) is 13.7. The summed E-state index contributed by atoms with van der Waals surface area (Å²) >= 11 is 0. The standard InChI is InChI=1S/C19H22FN3O/c1-23(12-4-11-21)16-9-7-15(8-10-16)13-22-14-19(24)17-5-2-3-6-18(17)20/h2-3,5-10,19,22,24H,4,12-14H2,1H3. The summed E-state index contributed by atoms with van der Waals surface area (Å²) in [5.41, 5.74) is 2.44. The summed E-state index contributed by atoms with van der Waals surface area (Å²) in [5.74, 6) is -0.392. The average molecular weight is 327 g/mol. The van der Waals surface area contributed by atoms with Crippen LogP contribution >= 0.6 is 0 Å². The smallest absolute Gasteiger partial charge is 0.129 e. The summed E-state index contributed by atoms with van der Waals surface area (Å²) in [7, 11) is 1.95. The number of halogens is 1. The number of aliphatic hydroxyl groups excluding tert-OH is 1. The van der Waals surface area contributed by atoms with Crippen molar-refractivity contribution in [3.05, 3.63) is 65.5 Å². The lowest BCUT2D eigenvalue weighted by Gasteiger charge is -2.18. The lowest BCUT2D eigenvalue weighted by molar-refractivity contribution is 0.169. The van der Waals surface area contributed by atoms with E-state index in [0.29, 0.717) is 25.1 Å². The van der Waals surface area contributed by atoms with Gasteiger partial charge in [0.1, 0.15) is 5.82 Å².